The molecule has 0 N–H and O–H groups in total. The largest absolute Gasteiger partial charge is 0.126 e. The van der Waals surface area contributed by atoms with Gasteiger partial charge in [0.1, 0.15) is 0 Å². The van der Waals surface area contributed by atoms with E-state index in [1.807, 2.05) is 0 Å². The maximum Gasteiger partial charge on any atom is 0.0280 e. The lowest BCUT2D eigenvalue weighted by molar-refractivity contribution is 0.0805. The Morgan fingerprint density at radius 1 is 1.15 bits per heavy atom. The van der Waals surface area contributed by atoms with E-state index in [1.165, 1.54) is 57.8 Å². The fourth-order valence-corrected chi connectivity index (χ4v) is 4.42. The fraction of sp³-hybridized carbons (Fsp3) is 1.00. The SMILES string of the molecule is CCCCC(CC)CC1(CCl)CCC(C(C)(C)C)CC1. The topological polar surface area (TPSA) is 0 Å². The number of rotatable bonds is 7. The van der Waals surface area contributed by atoms with Crippen LogP contribution in [0, 0.1) is 22.7 Å². The summed E-state index contributed by atoms with van der Waals surface area (Å²) in [6.45, 7) is 11.9. The molecule has 1 rings (SSSR count). The molecule has 0 spiro atoms. The van der Waals surface area contributed by atoms with Gasteiger partial charge in [0.15, 0.2) is 0 Å². The molecule has 1 unspecified atom stereocenters. The molecule has 120 valence electrons. The average Bonchev–Trinajstić information content (AvgIpc) is 2.43. The van der Waals surface area contributed by atoms with Crippen LogP contribution in [-0.2, 0) is 0 Å². The first-order valence-corrected chi connectivity index (χ1v) is 9.46. The third kappa shape index (κ3) is 5.24. The number of hydrogen-bond donors (Lipinski definition) is 0. The van der Waals surface area contributed by atoms with Crippen molar-refractivity contribution in [3.8, 4) is 0 Å². The monoisotopic (exact) mass is 300 g/mol. The van der Waals surface area contributed by atoms with E-state index in [-0.39, 0.29) is 0 Å². The lowest BCUT2D eigenvalue weighted by atomic mass is 9.62. The molecular formula is C19H37Cl. The predicted octanol–water partition coefficient (Wildman–Crippen LogP) is 7.05. The Morgan fingerprint density at radius 2 is 1.75 bits per heavy atom. The first-order valence-electron chi connectivity index (χ1n) is 8.93. The van der Waals surface area contributed by atoms with Crippen molar-refractivity contribution in [2.24, 2.45) is 22.7 Å². The minimum atomic E-state index is 0.456. The second-order valence-electron chi connectivity index (χ2n) is 8.39. The van der Waals surface area contributed by atoms with Gasteiger partial charge in [0, 0.05) is 5.88 Å². The van der Waals surface area contributed by atoms with Gasteiger partial charge in [0.2, 0.25) is 0 Å². The standard InChI is InChI=1S/C19H37Cl/c1-6-8-9-16(7-2)14-19(15-20)12-10-17(11-13-19)18(3,4)5/h16-17H,6-15H2,1-5H3. The molecule has 0 aromatic heterocycles. The minimum absolute atomic E-state index is 0.456. The molecular weight excluding hydrogens is 264 g/mol. The van der Waals surface area contributed by atoms with Crippen molar-refractivity contribution in [2.75, 3.05) is 5.88 Å². The van der Waals surface area contributed by atoms with Gasteiger partial charge in [0.25, 0.3) is 0 Å². The highest BCUT2D eigenvalue weighted by Crippen LogP contribution is 2.49. The summed E-state index contributed by atoms with van der Waals surface area (Å²) in [7, 11) is 0. The van der Waals surface area contributed by atoms with Crippen molar-refractivity contribution < 1.29 is 0 Å². The van der Waals surface area contributed by atoms with Crippen LogP contribution in [0.3, 0.4) is 0 Å². The zero-order valence-corrected chi connectivity index (χ0v) is 15.4. The van der Waals surface area contributed by atoms with E-state index in [0.29, 0.717) is 10.8 Å². The Hall–Kier alpha value is 0.290. The maximum atomic E-state index is 6.43. The van der Waals surface area contributed by atoms with Crippen molar-refractivity contribution in [1.29, 1.82) is 0 Å². The van der Waals surface area contributed by atoms with Crippen LogP contribution in [0.5, 0.6) is 0 Å². The molecule has 0 aromatic carbocycles. The highest BCUT2D eigenvalue weighted by atomic mass is 35.5. The summed E-state index contributed by atoms with van der Waals surface area (Å²) in [5.74, 6) is 2.68. The number of unbranched alkanes of at least 4 members (excludes halogenated alkanes) is 1. The van der Waals surface area contributed by atoms with Crippen LogP contribution in [0.25, 0.3) is 0 Å². The molecule has 1 aliphatic rings. The van der Waals surface area contributed by atoms with Crippen LogP contribution in [0.2, 0.25) is 0 Å². The van der Waals surface area contributed by atoms with E-state index in [2.05, 4.69) is 34.6 Å². The van der Waals surface area contributed by atoms with Crippen molar-refractivity contribution in [2.45, 2.75) is 92.4 Å². The Kier molecular flexibility index (Phi) is 7.39. The van der Waals surface area contributed by atoms with Crippen molar-refractivity contribution >= 4 is 11.6 Å². The summed E-state index contributed by atoms with van der Waals surface area (Å²) >= 11 is 6.43. The summed E-state index contributed by atoms with van der Waals surface area (Å²) in [4.78, 5) is 0. The molecule has 0 bridgehead atoms. The summed E-state index contributed by atoms with van der Waals surface area (Å²) < 4.78 is 0. The Labute approximate surface area is 133 Å². The van der Waals surface area contributed by atoms with E-state index < -0.39 is 0 Å². The molecule has 0 aromatic rings. The van der Waals surface area contributed by atoms with Gasteiger partial charge in [-0.05, 0) is 54.8 Å². The van der Waals surface area contributed by atoms with Crippen LogP contribution in [-0.4, -0.2) is 5.88 Å². The molecule has 1 saturated carbocycles. The summed E-state index contributed by atoms with van der Waals surface area (Å²) in [5, 5.41) is 0. The first-order chi connectivity index (χ1) is 9.37. The first kappa shape index (κ1) is 18.3. The molecule has 0 heterocycles. The lowest BCUT2D eigenvalue weighted by Gasteiger charge is -2.44. The number of hydrogen-bond acceptors (Lipinski definition) is 0. The molecule has 0 radical (unpaired) electrons. The normalized spacial score (nSPS) is 29.4. The number of halogens is 1. The van der Waals surface area contributed by atoms with Gasteiger partial charge >= 0.3 is 0 Å². The van der Waals surface area contributed by atoms with Crippen molar-refractivity contribution in [1.82, 2.24) is 0 Å². The second-order valence-corrected chi connectivity index (χ2v) is 8.66. The molecule has 0 nitrogen and oxygen atoms in total. The second kappa shape index (κ2) is 8.06. The Morgan fingerprint density at radius 3 is 2.15 bits per heavy atom. The average molecular weight is 301 g/mol. The maximum absolute atomic E-state index is 6.43. The highest BCUT2D eigenvalue weighted by Gasteiger charge is 2.39. The molecule has 20 heavy (non-hydrogen) atoms. The molecule has 1 fully saturated rings. The van der Waals surface area contributed by atoms with E-state index >= 15 is 0 Å². The fourth-order valence-electron chi connectivity index (χ4n) is 4.04. The van der Waals surface area contributed by atoms with Gasteiger partial charge in [-0.3, -0.25) is 0 Å². The van der Waals surface area contributed by atoms with E-state index in [0.717, 1.165) is 17.7 Å². The summed E-state index contributed by atoms with van der Waals surface area (Å²) in [5.41, 5.74) is 0.933. The van der Waals surface area contributed by atoms with Crippen LogP contribution in [0.1, 0.15) is 92.4 Å². The molecule has 1 atom stereocenters. The van der Waals surface area contributed by atoms with Crippen LogP contribution >= 0.6 is 11.6 Å². The van der Waals surface area contributed by atoms with Gasteiger partial charge in [-0.25, -0.2) is 0 Å². The van der Waals surface area contributed by atoms with E-state index in [1.54, 1.807) is 0 Å². The van der Waals surface area contributed by atoms with Crippen molar-refractivity contribution in [3.63, 3.8) is 0 Å². The minimum Gasteiger partial charge on any atom is -0.126 e. The van der Waals surface area contributed by atoms with Crippen LogP contribution in [0.4, 0.5) is 0 Å². The molecule has 0 amide bonds. The van der Waals surface area contributed by atoms with Crippen LogP contribution < -0.4 is 0 Å². The Balaban J connectivity index is 2.57. The molecule has 0 saturated heterocycles. The third-order valence-electron chi connectivity index (χ3n) is 5.82. The predicted molar refractivity (Wildman–Crippen MR) is 92.5 cm³/mol. The van der Waals surface area contributed by atoms with E-state index in [9.17, 15) is 0 Å². The van der Waals surface area contributed by atoms with Gasteiger partial charge < -0.3 is 0 Å². The zero-order chi connectivity index (χ0) is 15.2. The molecule has 1 heteroatoms. The molecule has 0 aliphatic heterocycles. The summed E-state index contributed by atoms with van der Waals surface area (Å²) in [6, 6.07) is 0. The van der Waals surface area contributed by atoms with Gasteiger partial charge in [0.05, 0.1) is 0 Å². The Bertz CT molecular complexity index is 255. The quantitative estimate of drug-likeness (QED) is 0.442. The van der Waals surface area contributed by atoms with Crippen LogP contribution in [0.15, 0.2) is 0 Å². The summed E-state index contributed by atoms with van der Waals surface area (Å²) in [6.07, 6.45) is 12.3. The van der Waals surface area contributed by atoms with Crippen molar-refractivity contribution in [3.05, 3.63) is 0 Å². The highest BCUT2D eigenvalue weighted by molar-refractivity contribution is 6.18. The lowest BCUT2D eigenvalue weighted by Crippen LogP contribution is -2.35. The number of alkyl halides is 1. The van der Waals surface area contributed by atoms with Gasteiger partial charge in [-0.1, -0.05) is 60.3 Å². The molecule has 1 aliphatic carbocycles. The third-order valence-corrected chi connectivity index (χ3v) is 6.39. The smallest absolute Gasteiger partial charge is 0.0280 e. The zero-order valence-electron chi connectivity index (χ0n) is 14.6. The van der Waals surface area contributed by atoms with E-state index in [4.69, 9.17) is 11.6 Å². The van der Waals surface area contributed by atoms with Gasteiger partial charge in [-0.2, -0.15) is 0 Å². The van der Waals surface area contributed by atoms with Gasteiger partial charge in [-0.15, -0.1) is 11.6 Å².